The van der Waals surface area contributed by atoms with Gasteiger partial charge in [-0.3, -0.25) is 14.5 Å². The van der Waals surface area contributed by atoms with E-state index in [0.717, 1.165) is 10.6 Å². The van der Waals surface area contributed by atoms with Crippen LogP contribution in [-0.2, 0) is 0 Å². The fourth-order valence-corrected chi connectivity index (χ4v) is 4.99. The van der Waals surface area contributed by atoms with Gasteiger partial charge in [-0.2, -0.15) is 0 Å². The van der Waals surface area contributed by atoms with Crippen molar-refractivity contribution >= 4 is 49.3 Å². The second-order valence-corrected chi connectivity index (χ2v) is 9.15. The Morgan fingerprint density at radius 1 is 1.17 bits per heavy atom. The Hall–Kier alpha value is -2.84. The lowest BCUT2D eigenvalue weighted by atomic mass is 9.98. The molecule has 5 nitrogen and oxygen atoms in total. The number of benzene rings is 2. The van der Waals surface area contributed by atoms with Crippen molar-refractivity contribution in [2.24, 2.45) is 0 Å². The third-order valence-electron chi connectivity index (χ3n) is 5.26. The zero-order valence-electron chi connectivity index (χ0n) is 15.9. The zero-order valence-corrected chi connectivity index (χ0v) is 18.3. The van der Waals surface area contributed by atoms with Gasteiger partial charge in [0.05, 0.1) is 16.6 Å². The number of hydrogen-bond donors (Lipinski definition) is 0. The number of hydrogen-bond acceptors (Lipinski definition) is 5. The number of aromatic nitrogens is 1. The van der Waals surface area contributed by atoms with Crippen molar-refractivity contribution in [1.29, 1.82) is 0 Å². The molecule has 2 aromatic heterocycles. The molecule has 0 saturated heterocycles. The first-order valence-corrected chi connectivity index (χ1v) is 10.8. The number of aryl methyl sites for hydroxylation is 2. The number of fused-ring (bicyclic) bond motifs is 2. The van der Waals surface area contributed by atoms with Crippen LogP contribution in [0.5, 0.6) is 0 Å². The van der Waals surface area contributed by atoms with Crippen molar-refractivity contribution in [2.45, 2.75) is 19.9 Å². The van der Waals surface area contributed by atoms with Crippen LogP contribution in [0, 0.1) is 19.7 Å². The summed E-state index contributed by atoms with van der Waals surface area (Å²) in [7, 11) is 0. The molecule has 1 aliphatic heterocycles. The van der Waals surface area contributed by atoms with E-state index < -0.39 is 17.8 Å². The van der Waals surface area contributed by atoms with Crippen LogP contribution < -0.4 is 10.3 Å². The van der Waals surface area contributed by atoms with Gasteiger partial charge in [0.2, 0.25) is 5.76 Å². The van der Waals surface area contributed by atoms with Gasteiger partial charge >= 0.3 is 0 Å². The molecular weight excluding hydrogens is 471 g/mol. The summed E-state index contributed by atoms with van der Waals surface area (Å²) in [6, 6.07) is 10.2. The van der Waals surface area contributed by atoms with E-state index in [1.54, 1.807) is 36.4 Å². The summed E-state index contributed by atoms with van der Waals surface area (Å²) in [6.07, 6.45) is 0. The van der Waals surface area contributed by atoms with Gasteiger partial charge in [0.1, 0.15) is 17.4 Å². The van der Waals surface area contributed by atoms with Crippen molar-refractivity contribution in [3.63, 3.8) is 0 Å². The Morgan fingerprint density at radius 2 is 1.93 bits per heavy atom. The van der Waals surface area contributed by atoms with Gasteiger partial charge in [-0.05, 0) is 38.1 Å². The monoisotopic (exact) mass is 484 g/mol. The van der Waals surface area contributed by atoms with Crippen molar-refractivity contribution in [3.8, 4) is 0 Å². The number of amides is 1. The number of anilines is 1. The molecule has 5 rings (SSSR count). The molecule has 1 atom stereocenters. The molecule has 150 valence electrons. The average Bonchev–Trinajstić information content (AvgIpc) is 3.19. The van der Waals surface area contributed by atoms with E-state index >= 15 is 0 Å². The highest BCUT2D eigenvalue weighted by atomic mass is 79.9. The lowest BCUT2D eigenvalue weighted by Gasteiger charge is -2.22. The van der Waals surface area contributed by atoms with Gasteiger partial charge in [0, 0.05) is 14.9 Å². The molecule has 3 heterocycles. The maximum absolute atomic E-state index is 14.9. The highest BCUT2D eigenvalue weighted by Crippen LogP contribution is 2.43. The van der Waals surface area contributed by atoms with Crippen molar-refractivity contribution in [2.75, 3.05) is 4.90 Å². The fourth-order valence-electron chi connectivity index (χ4n) is 3.69. The SMILES string of the molecule is Cc1nc(N2C(=O)c3oc4ccc(Br)cc4c(=O)c3[C@H]2c2ccccc2F)sc1C. The molecular formula is C22H14BrFN2O3S. The molecule has 2 aromatic carbocycles. The third kappa shape index (κ3) is 2.74. The quantitative estimate of drug-likeness (QED) is 0.375. The first-order chi connectivity index (χ1) is 14.4. The van der Waals surface area contributed by atoms with Crippen LogP contribution in [0.3, 0.4) is 0 Å². The fraction of sp³-hybridized carbons (Fsp3) is 0.136. The maximum atomic E-state index is 14.9. The summed E-state index contributed by atoms with van der Waals surface area (Å²) in [4.78, 5) is 33.7. The van der Waals surface area contributed by atoms with E-state index in [9.17, 15) is 14.0 Å². The first-order valence-electron chi connectivity index (χ1n) is 9.15. The highest BCUT2D eigenvalue weighted by Gasteiger charge is 2.45. The molecule has 0 spiro atoms. The Kier molecular flexibility index (Phi) is 4.37. The summed E-state index contributed by atoms with van der Waals surface area (Å²) in [6.45, 7) is 3.74. The van der Waals surface area contributed by atoms with Crippen molar-refractivity contribution in [3.05, 3.63) is 90.4 Å². The number of halogens is 2. The Labute approximate surface area is 182 Å². The summed E-state index contributed by atoms with van der Waals surface area (Å²) in [5.41, 5.74) is 1.06. The molecule has 8 heteroatoms. The molecule has 0 aliphatic carbocycles. The van der Waals surface area contributed by atoms with Crippen LogP contribution in [0.4, 0.5) is 9.52 Å². The summed E-state index contributed by atoms with van der Waals surface area (Å²) < 4.78 is 21.4. The minimum Gasteiger partial charge on any atom is -0.450 e. The molecule has 0 radical (unpaired) electrons. The van der Waals surface area contributed by atoms with Crippen molar-refractivity contribution in [1.82, 2.24) is 4.98 Å². The third-order valence-corrected chi connectivity index (χ3v) is 6.82. The van der Waals surface area contributed by atoms with Crippen LogP contribution in [0.2, 0.25) is 0 Å². The topological polar surface area (TPSA) is 63.4 Å². The van der Waals surface area contributed by atoms with E-state index in [1.165, 1.54) is 22.3 Å². The normalized spacial score (nSPS) is 15.8. The minimum atomic E-state index is -0.960. The molecule has 0 unspecified atom stereocenters. The molecule has 1 amide bonds. The highest BCUT2D eigenvalue weighted by molar-refractivity contribution is 9.10. The molecule has 30 heavy (non-hydrogen) atoms. The lowest BCUT2D eigenvalue weighted by Crippen LogP contribution is -2.30. The van der Waals surface area contributed by atoms with E-state index in [0.29, 0.717) is 20.6 Å². The number of nitrogens with zero attached hydrogens (tertiary/aromatic N) is 2. The lowest BCUT2D eigenvalue weighted by molar-refractivity contribution is 0.0970. The largest absolute Gasteiger partial charge is 0.450 e. The van der Waals surface area contributed by atoms with E-state index in [4.69, 9.17) is 4.42 Å². The summed E-state index contributed by atoms with van der Waals surface area (Å²) in [5.74, 6) is -1.09. The number of thiazole rings is 1. The molecule has 0 fully saturated rings. The zero-order chi connectivity index (χ0) is 21.2. The smallest absolute Gasteiger partial charge is 0.297 e. The summed E-state index contributed by atoms with van der Waals surface area (Å²) >= 11 is 4.69. The second-order valence-electron chi connectivity index (χ2n) is 7.05. The van der Waals surface area contributed by atoms with Gasteiger partial charge in [-0.15, -0.1) is 11.3 Å². The van der Waals surface area contributed by atoms with Gasteiger partial charge in [0.25, 0.3) is 5.91 Å². The number of carbonyl (C=O) groups excluding carboxylic acids is 1. The van der Waals surface area contributed by atoms with Crippen LogP contribution in [0.1, 0.15) is 38.3 Å². The first kappa shape index (κ1) is 19.1. The number of rotatable bonds is 2. The van der Waals surface area contributed by atoms with Crippen molar-refractivity contribution < 1.29 is 13.6 Å². The van der Waals surface area contributed by atoms with Gasteiger partial charge in [-0.1, -0.05) is 34.1 Å². The van der Waals surface area contributed by atoms with Crippen LogP contribution in [0.15, 0.2) is 56.1 Å². The van der Waals surface area contributed by atoms with Crippen LogP contribution >= 0.6 is 27.3 Å². The molecule has 1 aliphatic rings. The van der Waals surface area contributed by atoms with E-state index in [1.807, 2.05) is 13.8 Å². The molecule has 0 N–H and O–H groups in total. The maximum Gasteiger partial charge on any atom is 0.297 e. The number of carbonyl (C=O) groups is 1. The van der Waals surface area contributed by atoms with Crippen LogP contribution in [0.25, 0.3) is 11.0 Å². The predicted molar refractivity (Wildman–Crippen MR) is 117 cm³/mol. The van der Waals surface area contributed by atoms with Gasteiger partial charge in [0.15, 0.2) is 10.6 Å². The second kappa shape index (κ2) is 6.85. The predicted octanol–water partition coefficient (Wildman–Crippen LogP) is 5.52. The average molecular weight is 485 g/mol. The van der Waals surface area contributed by atoms with E-state index in [2.05, 4.69) is 20.9 Å². The Morgan fingerprint density at radius 3 is 2.63 bits per heavy atom. The van der Waals surface area contributed by atoms with E-state index in [-0.39, 0.29) is 22.3 Å². The Balaban J connectivity index is 1.85. The standard InChI is InChI=1S/C22H14BrFN2O3S/c1-10-11(2)30-22(25-10)26-18(13-5-3-4-6-15(13)24)17-19(27)14-9-12(23)7-8-16(14)29-20(17)21(26)28/h3-9,18H,1-2H3/t18-/m1/s1. The van der Waals surface area contributed by atoms with Gasteiger partial charge in [-0.25, -0.2) is 9.37 Å². The Bertz CT molecular complexity index is 1390. The molecule has 0 bridgehead atoms. The molecule has 0 saturated carbocycles. The summed E-state index contributed by atoms with van der Waals surface area (Å²) in [5, 5.41) is 0.727. The minimum absolute atomic E-state index is 0.0754. The molecule has 4 aromatic rings. The van der Waals surface area contributed by atoms with Gasteiger partial charge < -0.3 is 4.42 Å². The van der Waals surface area contributed by atoms with Crippen LogP contribution in [-0.4, -0.2) is 10.9 Å².